The van der Waals surface area contributed by atoms with Crippen molar-refractivity contribution in [2.75, 3.05) is 7.11 Å². The third kappa shape index (κ3) is 1.78. The highest BCUT2D eigenvalue weighted by molar-refractivity contribution is 6.41. The van der Waals surface area contributed by atoms with Crippen LogP contribution >= 0.6 is 0 Å². The molecule has 1 N–H and O–H groups in total. The fourth-order valence-electron chi connectivity index (χ4n) is 0.697. The summed E-state index contributed by atoms with van der Waals surface area (Å²) in [6.07, 6.45) is 0. The van der Waals surface area contributed by atoms with E-state index in [0.29, 0.717) is 0 Å². The van der Waals surface area contributed by atoms with E-state index in [-0.39, 0.29) is 11.5 Å². The maximum Gasteiger partial charge on any atom is 0.362 e. The Morgan fingerprint density at radius 1 is 1.69 bits per heavy atom. The molecular formula is C5H7N5O3. The normalized spacial score (nSPS) is 11.4. The molecule has 8 nitrogen and oxygen atoms in total. The zero-order chi connectivity index (χ0) is 9.84. The van der Waals surface area contributed by atoms with Crippen LogP contribution < -0.4 is 0 Å². The molecule has 0 aromatic carbocycles. The van der Waals surface area contributed by atoms with Gasteiger partial charge >= 0.3 is 5.97 Å². The first-order valence-corrected chi connectivity index (χ1v) is 3.24. The topological polar surface area (TPSA) is 102 Å². The summed E-state index contributed by atoms with van der Waals surface area (Å²) < 4.78 is 1.19. The molecule has 0 fully saturated rings. The Bertz CT molecular complexity index is 344. The second-order valence-corrected chi connectivity index (χ2v) is 2.05. The minimum Gasteiger partial charge on any atom is -0.476 e. The highest BCUT2D eigenvalue weighted by Crippen LogP contribution is 1.94. The molecule has 0 amide bonds. The van der Waals surface area contributed by atoms with Gasteiger partial charge in [0.15, 0.2) is 0 Å². The number of nitrogens with zero attached hydrogens (tertiary/aromatic N) is 5. The number of aryl methyl sites for hydroxylation is 1. The Hall–Kier alpha value is -1.99. The summed E-state index contributed by atoms with van der Waals surface area (Å²) in [4.78, 5) is 15.0. The Morgan fingerprint density at radius 2 is 2.38 bits per heavy atom. The largest absolute Gasteiger partial charge is 0.476 e. The molecule has 0 unspecified atom stereocenters. The number of tetrazole rings is 1. The van der Waals surface area contributed by atoms with Gasteiger partial charge in [0.2, 0.25) is 11.5 Å². The fourth-order valence-corrected chi connectivity index (χ4v) is 0.697. The van der Waals surface area contributed by atoms with Crippen LogP contribution in [0.4, 0.5) is 0 Å². The lowest BCUT2D eigenvalue weighted by molar-refractivity contribution is -0.129. The monoisotopic (exact) mass is 185 g/mol. The lowest BCUT2D eigenvalue weighted by Gasteiger charge is -1.96. The summed E-state index contributed by atoms with van der Waals surface area (Å²) in [6, 6.07) is 0. The van der Waals surface area contributed by atoms with Crippen LogP contribution in [-0.2, 0) is 16.7 Å². The first-order chi connectivity index (χ1) is 6.16. The predicted octanol–water partition coefficient (Wildman–Crippen LogP) is -1.35. The molecule has 1 aromatic heterocycles. The van der Waals surface area contributed by atoms with Crippen molar-refractivity contribution >= 4 is 11.7 Å². The van der Waals surface area contributed by atoms with Crippen molar-refractivity contribution in [3.05, 3.63) is 5.82 Å². The van der Waals surface area contributed by atoms with Gasteiger partial charge in [-0.15, -0.1) is 5.10 Å². The van der Waals surface area contributed by atoms with Gasteiger partial charge in [-0.1, -0.05) is 5.16 Å². The molecule has 8 heteroatoms. The van der Waals surface area contributed by atoms with Crippen LogP contribution in [0.2, 0.25) is 0 Å². The third-order valence-corrected chi connectivity index (χ3v) is 1.22. The van der Waals surface area contributed by atoms with Crippen molar-refractivity contribution in [2.45, 2.75) is 0 Å². The second kappa shape index (κ2) is 3.61. The first-order valence-electron chi connectivity index (χ1n) is 3.24. The Labute approximate surface area is 72.8 Å². The molecule has 0 aliphatic rings. The Balaban J connectivity index is 3.10. The number of carbonyl (C=O) groups is 1. The smallest absolute Gasteiger partial charge is 0.362 e. The number of aliphatic carboxylic acids is 1. The van der Waals surface area contributed by atoms with Gasteiger partial charge in [-0.3, -0.25) is 0 Å². The quantitative estimate of drug-likeness (QED) is 0.461. The van der Waals surface area contributed by atoms with Crippen molar-refractivity contribution in [3.63, 3.8) is 0 Å². The molecule has 0 spiro atoms. The SMILES string of the molecule is CO/N=C(\C(=O)O)c1nnnn1C. The van der Waals surface area contributed by atoms with E-state index in [0.717, 1.165) is 0 Å². The molecule has 0 saturated carbocycles. The molecule has 0 saturated heterocycles. The van der Waals surface area contributed by atoms with Crippen LogP contribution in [0.3, 0.4) is 0 Å². The summed E-state index contributed by atoms with van der Waals surface area (Å²) in [5.41, 5.74) is -0.338. The summed E-state index contributed by atoms with van der Waals surface area (Å²) in [7, 11) is 2.75. The molecule has 70 valence electrons. The molecule has 0 radical (unpaired) electrons. The summed E-state index contributed by atoms with van der Waals surface area (Å²) >= 11 is 0. The Morgan fingerprint density at radius 3 is 2.77 bits per heavy atom. The van der Waals surface area contributed by atoms with E-state index in [1.165, 1.54) is 18.8 Å². The van der Waals surface area contributed by atoms with Gasteiger partial charge in [-0.25, -0.2) is 9.48 Å². The van der Waals surface area contributed by atoms with Crippen molar-refractivity contribution < 1.29 is 14.7 Å². The number of hydrogen-bond donors (Lipinski definition) is 1. The molecule has 0 bridgehead atoms. The molecule has 0 atom stereocenters. The van der Waals surface area contributed by atoms with Crippen molar-refractivity contribution in [2.24, 2.45) is 12.2 Å². The van der Waals surface area contributed by atoms with Gasteiger partial charge in [-0.2, -0.15) is 0 Å². The zero-order valence-electron chi connectivity index (χ0n) is 7.00. The van der Waals surface area contributed by atoms with E-state index in [2.05, 4.69) is 25.5 Å². The number of hydrogen-bond acceptors (Lipinski definition) is 6. The van der Waals surface area contributed by atoms with Gasteiger partial charge in [0.1, 0.15) is 7.11 Å². The molecule has 1 rings (SSSR count). The van der Waals surface area contributed by atoms with Gasteiger partial charge in [0.05, 0.1) is 0 Å². The van der Waals surface area contributed by atoms with E-state index in [1.54, 1.807) is 0 Å². The third-order valence-electron chi connectivity index (χ3n) is 1.22. The zero-order valence-corrected chi connectivity index (χ0v) is 7.00. The van der Waals surface area contributed by atoms with Crippen LogP contribution in [0.1, 0.15) is 5.82 Å². The van der Waals surface area contributed by atoms with Gasteiger partial charge in [0.25, 0.3) is 0 Å². The summed E-state index contributed by atoms with van der Waals surface area (Å²) in [5.74, 6) is -1.21. The summed E-state index contributed by atoms with van der Waals surface area (Å²) in [5, 5.41) is 22.2. The Kier molecular flexibility index (Phi) is 2.52. The maximum absolute atomic E-state index is 10.6. The van der Waals surface area contributed by atoms with Gasteiger partial charge in [0, 0.05) is 7.05 Å². The number of oxime groups is 1. The summed E-state index contributed by atoms with van der Waals surface area (Å²) in [6.45, 7) is 0. The molecule has 1 heterocycles. The van der Waals surface area contributed by atoms with Crippen LogP contribution in [0.15, 0.2) is 5.16 Å². The number of rotatable bonds is 3. The number of carboxylic acids is 1. The van der Waals surface area contributed by atoms with Crippen molar-refractivity contribution in [3.8, 4) is 0 Å². The van der Waals surface area contributed by atoms with Crippen molar-refractivity contribution in [1.82, 2.24) is 20.2 Å². The van der Waals surface area contributed by atoms with Crippen molar-refractivity contribution in [1.29, 1.82) is 0 Å². The number of carboxylic acid groups (broad SMARTS) is 1. The maximum atomic E-state index is 10.6. The van der Waals surface area contributed by atoms with Gasteiger partial charge in [-0.05, 0) is 10.4 Å². The van der Waals surface area contributed by atoms with Crippen LogP contribution in [-0.4, -0.2) is 44.1 Å². The molecule has 0 aliphatic heterocycles. The lowest BCUT2D eigenvalue weighted by Crippen LogP contribution is -2.19. The number of aromatic nitrogens is 4. The van der Waals surface area contributed by atoms with E-state index >= 15 is 0 Å². The standard InChI is InChI=1S/C5H7N5O3/c1-10-4(6-8-9-10)3(5(11)12)7-13-2/h1-2H3,(H,11,12)/b7-3-. The fraction of sp³-hybridized carbons (Fsp3) is 0.400. The van der Waals surface area contributed by atoms with Crippen LogP contribution in [0, 0.1) is 0 Å². The average Bonchev–Trinajstić information content (AvgIpc) is 2.47. The average molecular weight is 185 g/mol. The minimum atomic E-state index is -1.25. The molecular weight excluding hydrogens is 178 g/mol. The minimum absolute atomic E-state index is 0.0364. The van der Waals surface area contributed by atoms with E-state index < -0.39 is 5.97 Å². The van der Waals surface area contributed by atoms with E-state index in [1.807, 2.05) is 0 Å². The molecule has 0 aliphatic carbocycles. The molecule has 13 heavy (non-hydrogen) atoms. The van der Waals surface area contributed by atoms with Crippen LogP contribution in [0.25, 0.3) is 0 Å². The lowest BCUT2D eigenvalue weighted by atomic mass is 10.3. The molecule has 1 aromatic rings. The second-order valence-electron chi connectivity index (χ2n) is 2.05. The van der Waals surface area contributed by atoms with E-state index in [4.69, 9.17) is 5.11 Å². The van der Waals surface area contributed by atoms with E-state index in [9.17, 15) is 4.79 Å². The highest BCUT2D eigenvalue weighted by atomic mass is 16.6. The first kappa shape index (κ1) is 9.10. The predicted molar refractivity (Wildman–Crippen MR) is 40.0 cm³/mol. The van der Waals surface area contributed by atoms with Crippen LogP contribution in [0.5, 0.6) is 0 Å². The highest BCUT2D eigenvalue weighted by Gasteiger charge is 2.19. The van der Waals surface area contributed by atoms with Gasteiger partial charge < -0.3 is 9.94 Å².